The summed E-state index contributed by atoms with van der Waals surface area (Å²) in [4.78, 5) is 20.1. The minimum absolute atomic E-state index is 0.213. The van der Waals surface area contributed by atoms with Gasteiger partial charge in [0.2, 0.25) is 0 Å². The van der Waals surface area contributed by atoms with Gasteiger partial charge in [0, 0.05) is 6.54 Å². The van der Waals surface area contributed by atoms with E-state index in [1.807, 2.05) is 0 Å². The normalized spacial score (nSPS) is 28.6. The van der Waals surface area contributed by atoms with Crippen molar-refractivity contribution in [2.75, 3.05) is 6.54 Å². The standard InChI is InChI=1S/C22H39N3O/c1-2-3-16-25-20(26)22(24-21(25)23,17-19-12-8-5-9-13-19)15-14-18-10-6-4-7-11-18/h18-19H,2-17H2,1H3,(H2,23,24). The Morgan fingerprint density at radius 3 is 2.27 bits per heavy atom. The quantitative estimate of drug-likeness (QED) is 0.660. The summed E-state index contributed by atoms with van der Waals surface area (Å²) in [5, 5.41) is 0. The first-order valence-corrected chi connectivity index (χ1v) is 11.3. The minimum atomic E-state index is -0.544. The smallest absolute Gasteiger partial charge is 0.257 e. The highest BCUT2D eigenvalue weighted by Crippen LogP contribution is 2.40. The van der Waals surface area contributed by atoms with Crippen molar-refractivity contribution in [1.29, 1.82) is 0 Å². The lowest BCUT2D eigenvalue weighted by molar-refractivity contribution is -0.132. The summed E-state index contributed by atoms with van der Waals surface area (Å²) >= 11 is 0. The SMILES string of the molecule is CCCCN1C(=O)C(CCC2CCCCC2)(CC2CCCCC2)N=C1N. The van der Waals surface area contributed by atoms with Crippen molar-refractivity contribution in [3.63, 3.8) is 0 Å². The van der Waals surface area contributed by atoms with Gasteiger partial charge in [0.05, 0.1) is 0 Å². The second-order valence-corrected chi connectivity index (χ2v) is 9.06. The highest BCUT2D eigenvalue weighted by Gasteiger charge is 2.48. The molecule has 2 fully saturated rings. The number of carbonyl (C=O) groups excluding carboxylic acids is 1. The van der Waals surface area contributed by atoms with E-state index >= 15 is 0 Å². The molecule has 1 atom stereocenters. The van der Waals surface area contributed by atoms with Gasteiger partial charge in [-0.05, 0) is 37.5 Å². The van der Waals surface area contributed by atoms with E-state index in [9.17, 15) is 4.79 Å². The van der Waals surface area contributed by atoms with E-state index in [1.54, 1.807) is 4.90 Å². The first kappa shape index (κ1) is 19.7. The second kappa shape index (κ2) is 9.23. The molecular formula is C22H39N3O. The molecule has 3 rings (SSSR count). The van der Waals surface area contributed by atoms with Crippen LogP contribution in [0.15, 0.2) is 4.99 Å². The van der Waals surface area contributed by atoms with E-state index in [0.717, 1.165) is 44.6 Å². The Hall–Kier alpha value is -1.06. The molecule has 4 heteroatoms. The zero-order valence-electron chi connectivity index (χ0n) is 16.8. The predicted octanol–water partition coefficient (Wildman–Crippen LogP) is 5.01. The average Bonchev–Trinajstić information content (AvgIpc) is 2.90. The van der Waals surface area contributed by atoms with Gasteiger partial charge < -0.3 is 5.73 Å². The van der Waals surface area contributed by atoms with Crippen molar-refractivity contribution in [2.45, 2.75) is 109 Å². The largest absolute Gasteiger partial charge is 0.369 e. The molecule has 0 aromatic rings. The summed E-state index contributed by atoms with van der Waals surface area (Å²) in [6, 6.07) is 0. The number of nitrogens with two attached hydrogens (primary N) is 1. The van der Waals surface area contributed by atoms with Crippen LogP contribution in [0.5, 0.6) is 0 Å². The van der Waals surface area contributed by atoms with Gasteiger partial charge >= 0.3 is 0 Å². The summed E-state index contributed by atoms with van der Waals surface area (Å²) in [6.07, 6.45) is 18.4. The Bertz CT molecular complexity index is 492. The fourth-order valence-electron chi connectivity index (χ4n) is 5.40. The first-order valence-electron chi connectivity index (χ1n) is 11.3. The monoisotopic (exact) mass is 361 g/mol. The molecule has 0 spiro atoms. The van der Waals surface area contributed by atoms with Gasteiger partial charge in [-0.15, -0.1) is 0 Å². The van der Waals surface area contributed by atoms with Crippen molar-refractivity contribution in [3.8, 4) is 0 Å². The Balaban J connectivity index is 1.71. The van der Waals surface area contributed by atoms with Crippen LogP contribution in [0.3, 0.4) is 0 Å². The van der Waals surface area contributed by atoms with Gasteiger partial charge in [0.1, 0.15) is 5.54 Å². The molecule has 2 N–H and O–H groups in total. The van der Waals surface area contributed by atoms with Crippen molar-refractivity contribution in [3.05, 3.63) is 0 Å². The van der Waals surface area contributed by atoms with E-state index < -0.39 is 5.54 Å². The molecule has 1 unspecified atom stereocenters. The maximum Gasteiger partial charge on any atom is 0.257 e. The zero-order valence-corrected chi connectivity index (χ0v) is 16.8. The zero-order chi connectivity index (χ0) is 18.4. The number of rotatable bonds is 8. The number of carbonyl (C=O) groups is 1. The van der Waals surface area contributed by atoms with Crippen molar-refractivity contribution >= 4 is 11.9 Å². The fraction of sp³-hybridized carbons (Fsp3) is 0.909. The predicted molar refractivity (Wildman–Crippen MR) is 108 cm³/mol. The van der Waals surface area contributed by atoms with Crippen molar-refractivity contribution in [2.24, 2.45) is 22.6 Å². The van der Waals surface area contributed by atoms with E-state index in [0.29, 0.717) is 11.9 Å². The van der Waals surface area contributed by atoms with Gasteiger partial charge in [-0.3, -0.25) is 9.69 Å². The molecule has 1 amide bonds. The lowest BCUT2D eigenvalue weighted by Crippen LogP contribution is -2.46. The topological polar surface area (TPSA) is 58.7 Å². The number of aliphatic imine (C=N–C) groups is 1. The summed E-state index contributed by atoms with van der Waals surface area (Å²) < 4.78 is 0. The van der Waals surface area contributed by atoms with Crippen LogP contribution in [0.25, 0.3) is 0 Å². The van der Waals surface area contributed by atoms with Crippen LogP contribution in [-0.2, 0) is 4.79 Å². The van der Waals surface area contributed by atoms with Crippen LogP contribution in [-0.4, -0.2) is 28.9 Å². The molecule has 148 valence electrons. The Morgan fingerprint density at radius 1 is 1.04 bits per heavy atom. The van der Waals surface area contributed by atoms with Gasteiger partial charge in [0.25, 0.3) is 5.91 Å². The number of guanidine groups is 1. The third-order valence-electron chi connectivity index (χ3n) is 7.03. The Morgan fingerprint density at radius 2 is 1.65 bits per heavy atom. The molecule has 0 aromatic carbocycles. The lowest BCUT2D eigenvalue weighted by atomic mass is 9.75. The lowest BCUT2D eigenvalue weighted by Gasteiger charge is -2.33. The van der Waals surface area contributed by atoms with Crippen LogP contribution >= 0.6 is 0 Å². The maximum absolute atomic E-state index is 13.4. The molecule has 0 saturated heterocycles. The van der Waals surface area contributed by atoms with Gasteiger partial charge in [-0.25, -0.2) is 4.99 Å². The molecule has 26 heavy (non-hydrogen) atoms. The van der Waals surface area contributed by atoms with Crippen molar-refractivity contribution in [1.82, 2.24) is 4.90 Å². The Kier molecular flexibility index (Phi) is 6.99. The maximum atomic E-state index is 13.4. The number of nitrogens with zero attached hydrogens (tertiary/aromatic N) is 2. The van der Waals surface area contributed by atoms with Gasteiger partial charge in [-0.2, -0.15) is 0 Å². The first-order chi connectivity index (χ1) is 12.6. The second-order valence-electron chi connectivity index (χ2n) is 9.06. The molecule has 1 aliphatic heterocycles. The minimum Gasteiger partial charge on any atom is -0.369 e. The highest BCUT2D eigenvalue weighted by atomic mass is 16.2. The summed E-state index contributed by atoms with van der Waals surface area (Å²) in [7, 11) is 0. The number of unbranched alkanes of at least 4 members (excludes halogenated alkanes) is 1. The summed E-state index contributed by atoms with van der Waals surface area (Å²) in [5.74, 6) is 2.15. The highest BCUT2D eigenvalue weighted by molar-refractivity contribution is 6.06. The van der Waals surface area contributed by atoms with Crippen LogP contribution in [0, 0.1) is 11.8 Å². The summed E-state index contributed by atoms with van der Waals surface area (Å²) in [6.45, 7) is 2.90. The van der Waals surface area contributed by atoms with Gasteiger partial charge in [-0.1, -0.05) is 77.6 Å². The Labute approximate surface area is 160 Å². The van der Waals surface area contributed by atoms with Gasteiger partial charge in [0.15, 0.2) is 5.96 Å². The fourth-order valence-corrected chi connectivity index (χ4v) is 5.40. The molecule has 2 saturated carbocycles. The third kappa shape index (κ3) is 4.61. The molecule has 0 aromatic heterocycles. The average molecular weight is 362 g/mol. The molecule has 2 aliphatic carbocycles. The van der Waals surface area contributed by atoms with Crippen LogP contribution < -0.4 is 5.73 Å². The van der Waals surface area contributed by atoms with E-state index in [1.165, 1.54) is 64.2 Å². The van der Waals surface area contributed by atoms with E-state index in [-0.39, 0.29) is 5.91 Å². The molecule has 1 heterocycles. The third-order valence-corrected chi connectivity index (χ3v) is 7.03. The molecule has 0 radical (unpaired) electrons. The molecule has 4 nitrogen and oxygen atoms in total. The van der Waals surface area contributed by atoms with Crippen LogP contribution in [0.2, 0.25) is 0 Å². The summed E-state index contributed by atoms with van der Waals surface area (Å²) in [5.41, 5.74) is 5.71. The molecule has 3 aliphatic rings. The number of hydrogen-bond acceptors (Lipinski definition) is 3. The molecular weight excluding hydrogens is 322 g/mol. The van der Waals surface area contributed by atoms with Crippen LogP contribution in [0.1, 0.15) is 103 Å². The molecule has 0 bridgehead atoms. The van der Waals surface area contributed by atoms with E-state index in [2.05, 4.69) is 6.92 Å². The van der Waals surface area contributed by atoms with Crippen LogP contribution in [0.4, 0.5) is 0 Å². The number of hydrogen-bond donors (Lipinski definition) is 1. The number of amides is 1. The van der Waals surface area contributed by atoms with Crippen molar-refractivity contribution < 1.29 is 4.79 Å². The van der Waals surface area contributed by atoms with E-state index in [4.69, 9.17) is 10.7 Å².